The fraction of sp³-hybridized carbons (Fsp3) is 0.148. The third-order valence-corrected chi connectivity index (χ3v) is 5.34. The Hall–Kier alpha value is -4.39. The molecule has 0 saturated heterocycles. The SMILES string of the molecule is COc1ccc(OC)c(/C=N/NC(=O)CCn2cnc(-c3ccccc3)c2-c2ccccc2)c1. The lowest BCUT2D eigenvalue weighted by molar-refractivity contribution is -0.121. The molecule has 0 aliphatic carbocycles. The van der Waals surface area contributed by atoms with E-state index in [1.54, 1.807) is 45.0 Å². The first-order valence-corrected chi connectivity index (χ1v) is 10.9. The van der Waals surface area contributed by atoms with Crippen molar-refractivity contribution in [3.63, 3.8) is 0 Å². The van der Waals surface area contributed by atoms with Crippen LogP contribution in [-0.2, 0) is 11.3 Å². The monoisotopic (exact) mass is 454 g/mol. The zero-order valence-electron chi connectivity index (χ0n) is 19.1. The van der Waals surface area contributed by atoms with E-state index in [0.29, 0.717) is 23.6 Å². The number of nitrogens with one attached hydrogen (secondary N) is 1. The molecule has 1 amide bonds. The largest absolute Gasteiger partial charge is 0.497 e. The summed E-state index contributed by atoms with van der Waals surface area (Å²) in [5, 5.41) is 4.09. The first-order valence-electron chi connectivity index (χ1n) is 10.9. The third kappa shape index (κ3) is 5.32. The highest BCUT2D eigenvalue weighted by Crippen LogP contribution is 2.31. The Morgan fingerprint density at radius 1 is 0.971 bits per heavy atom. The quantitative estimate of drug-likeness (QED) is 0.292. The summed E-state index contributed by atoms with van der Waals surface area (Å²) in [4.78, 5) is 17.1. The van der Waals surface area contributed by atoms with Crippen LogP contribution in [0.4, 0.5) is 0 Å². The normalized spacial score (nSPS) is 10.9. The van der Waals surface area contributed by atoms with Gasteiger partial charge >= 0.3 is 0 Å². The molecule has 0 bridgehead atoms. The van der Waals surface area contributed by atoms with Crippen molar-refractivity contribution in [2.45, 2.75) is 13.0 Å². The predicted octanol–water partition coefficient (Wildman–Crippen LogP) is 4.77. The van der Waals surface area contributed by atoms with E-state index < -0.39 is 0 Å². The van der Waals surface area contributed by atoms with Crippen LogP contribution >= 0.6 is 0 Å². The number of hydrogen-bond acceptors (Lipinski definition) is 5. The number of aryl methyl sites for hydroxylation is 1. The lowest BCUT2D eigenvalue weighted by Crippen LogP contribution is -2.19. The molecule has 4 rings (SSSR count). The van der Waals surface area contributed by atoms with Crippen LogP contribution in [0.25, 0.3) is 22.5 Å². The molecule has 0 saturated carbocycles. The smallest absolute Gasteiger partial charge is 0.241 e. The summed E-state index contributed by atoms with van der Waals surface area (Å²) >= 11 is 0. The van der Waals surface area contributed by atoms with Crippen molar-refractivity contribution in [3.05, 3.63) is 90.8 Å². The van der Waals surface area contributed by atoms with E-state index in [9.17, 15) is 4.79 Å². The van der Waals surface area contributed by atoms with Crippen molar-refractivity contribution in [2.75, 3.05) is 14.2 Å². The van der Waals surface area contributed by atoms with Gasteiger partial charge in [0.2, 0.25) is 5.91 Å². The molecular formula is C27H26N4O3. The molecule has 0 atom stereocenters. The zero-order valence-corrected chi connectivity index (χ0v) is 19.1. The Labute approximate surface area is 198 Å². The Morgan fingerprint density at radius 2 is 1.68 bits per heavy atom. The highest BCUT2D eigenvalue weighted by atomic mass is 16.5. The Bertz CT molecular complexity index is 1270. The molecule has 1 N–H and O–H groups in total. The molecule has 4 aromatic rings. The van der Waals surface area contributed by atoms with E-state index in [-0.39, 0.29) is 12.3 Å². The van der Waals surface area contributed by atoms with Gasteiger partial charge < -0.3 is 14.0 Å². The molecule has 7 nitrogen and oxygen atoms in total. The molecule has 0 radical (unpaired) electrons. The molecule has 34 heavy (non-hydrogen) atoms. The summed E-state index contributed by atoms with van der Waals surface area (Å²) in [7, 11) is 3.17. The Morgan fingerprint density at radius 3 is 2.35 bits per heavy atom. The lowest BCUT2D eigenvalue weighted by atomic mass is 10.0. The van der Waals surface area contributed by atoms with E-state index in [2.05, 4.69) is 15.5 Å². The minimum Gasteiger partial charge on any atom is -0.497 e. The van der Waals surface area contributed by atoms with Crippen molar-refractivity contribution >= 4 is 12.1 Å². The number of imidazole rings is 1. The summed E-state index contributed by atoms with van der Waals surface area (Å²) in [5.41, 5.74) is 7.23. The van der Waals surface area contributed by atoms with Crippen LogP contribution in [0.2, 0.25) is 0 Å². The number of benzene rings is 3. The highest BCUT2D eigenvalue weighted by Gasteiger charge is 2.15. The zero-order chi connectivity index (χ0) is 23.8. The molecule has 0 aliphatic heterocycles. The molecule has 172 valence electrons. The van der Waals surface area contributed by atoms with Gasteiger partial charge in [-0.3, -0.25) is 4.79 Å². The van der Waals surface area contributed by atoms with Gasteiger partial charge in [-0.1, -0.05) is 60.7 Å². The van der Waals surface area contributed by atoms with Crippen molar-refractivity contribution in [2.24, 2.45) is 5.10 Å². The minimum atomic E-state index is -0.202. The van der Waals surface area contributed by atoms with Crippen LogP contribution in [0.3, 0.4) is 0 Å². The molecule has 3 aromatic carbocycles. The lowest BCUT2D eigenvalue weighted by Gasteiger charge is -2.10. The number of carbonyl (C=O) groups is 1. The number of aromatic nitrogens is 2. The summed E-state index contributed by atoms with van der Waals surface area (Å²) in [5.74, 6) is 1.11. The number of nitrogens with zero attached hydrogens (tertiary/aromatic N) is 3. The van der Waals surface area contributed by atoms with Gasteiger partial charge in [0.25, 0.3) is 0 Å². The topological polar surface area (TPSA) is 77.7 Å². The maximum Gasteiger partial charge on any atom is 0.241 e. The van der Waals surface area contributed by atoms with Crippen molar-refractivity contribution in [3.8, 4) is 34.0 Å². The number of hydrogen-bond donors (Lipinski definition) is 1. The van der Waals surface area contributed by atoms with E-state index in [4.69, 9.17) is 9.47 Å². The number of hydrazone groups is 1. The third-order valence-electron chi connectivity index (χ3n) is 5.34. The average molecular weight is 455 g/mol. The number of rotatable bonds is 9. The molecule has 7 heteroatoms. The van der Waals surface area contributed by atoms with Gasteiger partial charge in [0, 0.05) is 29.7 Å². The van der Waals surface area contributed by atoms with Gasteiger partial charge in [0.1, 0.15) is 11.5 Å². The maximum atomic E-state index is 12.5. The van der Waals surface area contributed by atoms with Gasteiger partial charge in [-0.05, 0) is 18.2 Å². The molecule has 0 spiro atoms. The van der Waals surface area contributed by atoms with Crippen LogP contribution in [-0.4, -0.2) is 35.9 Å². The minimum absolute atomic E-state index is 0.202. The Kier molecular flexibility index (Phi) is 7.35. The van der Waals surface area contributed by atoms with E-state index in [1.807, 2.05) is 65.2 Å². The second-order valence-corrected chi connectivity index (χ2v) is 7.52. The number of ether oxygens (including phenoxy) is 2. The number of carbonyl (C=O) groups excluding carboxylic acids is 1. The van der Waals surface area contributed by atoms with Crippen molar-refractivity contribution in [1.82, 2.24) is 15.0 Å². The summed E-state index contributed by atoms with van der Waals surface area (Å²) in [6.45, 7) is 0.466. The molecule has 0 fully saturated rings. The Balaban J connectivity index is 1.47. The van der Waals surface area contributed by atoms with Crippen LogP contribution in [0.5, 0.6) is 11.5 Å². The van der Waals surface area contributed by atoms with E-state index in [1.165, 1.54) is 0 Å². The van der Waals surface area contributed by atoms with Gasteiger partial charge in [0.05, 0.1) is 38.1 Å². The van der Waals surface area contributed by atoms with Crippen LogP contribution in [0.15, 0.2) is 90.3 Å². The summed E-state index contributed by atoms with van der Waals surface area (Å²) in [6, 6.07) is 25.5. The van der Waals surface area contributed by atoms with Crippen molar-refractivity contribution < 1.29 is 14.3 Å². The van der Waals surface area contributed by atoms with Crippen molar-refractivity contribution in [1.29, 1.82) is 0 Å². The summed E-state index contributed by atoms with van der Waals surface area (Å²) in [6.07, 6.45) is 3.57. The van der Waals surface area contributed by atoms with Gasteiger partial charge in [0.15, 0.2) is 0 Å². The molecule has 0 unspecified atom stereocenters. The average Bonchev–Trinajstić information content (AvgIpc) is 3.32. The fourth-order valence-electron chi connectivity index (χ4n) is 3.65. The van der Waals surface area contributed by atoms with Gasteiger partial charge in [-0.2, -0.15) is 5.10 Å². The molecule has 0 aliphatic rings. The first-order chi connectivity index (χ1) is 16.7. The fourth-order valence-corrected chi connectivity index (χ4v) is 3.65. The standard InChI is InChI=1S/C27H26N4O3/c1-33-23-13-14-24(34-2)22(17-23)18-29-30-25(32)15-16-31-19-28-26(20-9-5-3-6-10-20)27(31)21-11-7-4-8-12-21/h3-14,17-19H,15-16H2,1-2H3,(H,30,32)/b29-18+. The molecule has 1 aromatic heterocycles. The highest BCUT2D eigenvalue weighted by molar-refractivity contribution is 5.86. The van der Waals surface area contributed by atoms with Gasteiger partial charge in [-0.25, -0.2) is 10.4 Å². The predicted molar refractivity (Wildman–Crippen MR) is 133 cm³/mol. The van der Waals surface area contributed by atoms with Crippen LogP contribution in [0, 0.1) is 0 Å². The van der Waals surface area contributed by atoms with Crippen LogP contribution in [0.1, 0.15) is 12.0 Å². The second-order valence-electron chi connectivity index (χ2n) is 7.52. The van der Waals surface area contributed by atoms with Crippen LogP contribution < -0.4 is 14.9 Å². The molecule has 1 heterocycles. The van der Waals surface area contributed by atoms with Gasteiger partial charge in [-0.15, -0.1) is 0 Å². The number of methoxy groups -OCH3 is 2. The number of amides is 1. The van der Waals surface area contributed by atoms with E-state index in [0.717, 1.165) is 22.5 Å². The summed E-state index contributed by atoms with van der Waals surface area (Å²) < 4.78 is 12.6. The second kappa shape index (κ2) is 11.0. The molecular weight excluding hydrogens is 428 g/mol. The first kappa shape index (κ1) is 22.8. The van der Waals surface area contributed by atoms with E-state index >= 15 is 0 Å². The maximum absolute atomic E-state index is 12.5.